The Morgan fingerprint density at radius 3 is 2.25 bits per heavy atom. The van der Waals surface area contributed by atoms with Crippen LogP contribution in [0.15, 0.2) is 18.2 Å². The summed E-state index contributed by atoms with van der Waals surface area (Å²) in [5, 5.41) is 20.8. The van der Waals surface area contributed by atoms with E-state index < -0.39 is 5.54 Å². The second kappa shape index (κ2) is 7.26. The molecule has 3 N–H and O–H groups in total. The number of rotatable bonds is 7. The van der Waals surface area contributed by atoms with Gasteiger partial charge in [-0.3, -0.25) is 4.79 Å². The van der Waals surface area contributed by atoms with Crippen molar-refractivity contribution in [1.29, 1.82) is 0 Å². The van der Waals surface area contributed by atoms with Gasteiger partial charge in [-0.25, -0.2) is 0 Å². The maximum atomic E-state index is 11.7. The minimum atomic E-state index is -0.989. The van der Waals surface area contributed by atoms with Crippen LogP contribution in [-0.4, -0.2) is 41.5 Å². The Hall–Kier alpha value is -1.59. The molecule has 0 saturated heterocycles. The van der Waals surface area contributed by atoms with Gasteiger partial charge < -0.3 is 20.3 Å². The molecule has 1 rings (SSSR count). The van der Waals surface area contributed by atoms with Crippen LogP contribution in [0.2, 0.25) is 0 Å². The molecule has 0 saturated carbocycles. The molecular weight excluding hydrogens is 258 g/mol. The molecule has 0 heterocycles. The summed E-state index contributed by atoms with van der Waals surface area (Å²) in [5.74, 6) is 0.474. The monoisotopic (exact) mass is 281 g/mol. The van der Waals surface area contributed by atoms with Crippen LogP contribution in [0.25, 0.3) is 0 Å². The van der Waals surface area contributed by atoms with E-state index in [-0.39, 0.29) is 32.1 Å². The predicted molar refractivity (Wildman–Crippen MR) is 76.7 cm³/mol. The van der Waals surface area contributed by atoms with E-state index in [0.29, 0.717) is 0 Å². The molecule has 1 aromatic rings. The molecule has 0 aromatic heterocycles. The summed E-state index contributed by atoms with van der Waals surface area (Å²) in [5.41, 5.74) is 1.23. The largest absolute Gasteiger partial charge is 0.493 e. The summed E-state index contributed by atoms with van der Waals surface area (Å²) in [7, 11) is 0. The fourth-order valence-corrected chi connectivity index (χ4v) is 1.81. The molecule has 112 valence electrons. The number of aryl methyl sites for hydroxylation is 2. The van der Waals surface area contributed by atoms with Crippen LogP contribution >= 0.6 is 0 Å². The number of carbonyl (C=O) groups excluding carboxylic acids is 1. The molecular formula is C15H23NO4. The van der Waals surface area contributed by atoms with Gasteiger partial charge in [-0.15, -0.1) is 0 Å². The summed E-state index contributed by atoms with van der Waals surface area (Å²) in [6.45, 7) is 5.18. The summed E-state index contributed by atoms with van der Waals surface area (Å²) in [6.07, 6.45) is 0.169. The van der Waals surface area contributed by atoms with Crippen LogP contribution < -0.4 is 10.1 Å². The van der Waals surface area contributed by atoms with Crippen molar-refractivity contribution in [2.24, 2.45) is 0 Å². The maximum Gasteiger partial charge on any atom is 0.224 e. The Morgan fingerprint density at radius 1 is 1.20 bits per heavy atom. The highest BCUT2D eigenvalue weighted by Crippen LogP contribution is 2.16. The van der Waals surface area contributed by atoms with Gasteiger partial charge in [0.1, 0.15) is 5.75 Å². The van der Waals surface area contributed by atoms with Gasteiger partial charge >= 0.3 is 0 Å². The Bertz CT molecular complexity index is 435. The highest BCUT2D eigenvalue weighted by Gasteiger charge is 2.24. The standard InChI is InChI=1S/C15H23NO4/c1-11-6-12(2)8-13(7-11)20-5-4-14(19)16-15(3,9-17)10-18/h6-8,17-18H,4-5,9-10H2,1-3H3,(H,16,19). The number of hydrogen-bond donors (Lipinski definition) is 3. The molecule has 0 aliphatic rings. The van der Waals surface area contributed by atoms with Crippen molar-refractivity contribution < 1.29 is 19.7 Å². The number of aliphatic hydroxyl groups is 2. The summed E-state index contributed by atoms with van der Waals surface area (Å²) >= 11 is 0. The highest BCUT2D eigenvalue weighted by atomic mass is 16.5. The van der Waals surface area contributed by atoms with Gasteiger partial charge in [0.25, 0.3) is 0 Å². The lowest BCUT2D eigenvalue weighted by atomic mass is 10.1. The normalized spacial score (nSPS) is 11.2. The number of carbonyl (C=O) groups is 1. The maximum absolute atomic E-state index is 11.7. The van der Waals surface area contributed by atoms with E-state index in [1.54, 1.807) is 6.92 Å². The van der Waals surface area contributed by atoms with Crippen LogP contribution in [0.5, 0.6) is 5.75 Å². The van der Waals surface area contributed by atoms with E-state index in [1.165, 1.54) is 0 Å². The number of hydrogen-bond acceptors (Lipinski definition) is 4. The van der Waals surface area contributed by atoms with Crippen molar-refractivity contribution in [3.8, 4) is 5.75 Å². The SMILES string of the molecule is Cc1cc(C)cc(OCCC(=O)NC(C)(CO)CO)c1. The molecule has 5 heteroatoms. The predicted octanol–water partition coefficient (Wildman–Crippen LogP) is 0.932. The van der Waals surface area contributed by atoms with Gasteiger partial charge in [0.15, 0.2) is 0 Å². The second-order valence-electron chi connectivity index (χ2n) is 5.35. The van der Waals surface area contributed by atoms with E-state index in [9.17, 15) is 4.79 Å². The topological polar surface area (TPSA) is 78.8 Å². The Labute approximate surface area is 119 Å². The van der Waals surface area contributed by atoms with Crippen molar-refractivity contribution in [1.82, 2.24) is 5.32 Å². The van der Waals surface area contributed by atoms with Gasteiger partial charge in [-0.2, -0.15) is 0 Å². The molecule has 0 spiro atoms. The number of aliphatic hydroxyl groups excluding tert-OH is 2. The first kappa shape index (κ1) is 16.5. The molecule has 0 aliphatic carbocycles. The zero-order valence-electron chi connectivity index (χ0n) is 12.3. The van der Waals surface area contributed by atoms with Crippen molar-refractivity contribution in [2.75, 3.05) is 19.8 Å². The Morgan fingerprint density at radius 2 is 1.75 bits per heavy atom. The molecule has 1 aromatic carbocycles. The lowest BCUT2D eigenvalue weighted by molar-refractivity contribution is -0.124. The van der Waals surface area contributed by atoms with Crippen molar-refractivity contribution in [3.63, 3.8) is 0 Å². The van der Waals surface area contributed by atoms with Crippen molar-refractivity contribution >= 4 is 5.91 Å². The molecule has 0 aliphatic heterocycles. The fraction of sp³-hybridized carbons (Fsp3) is 0.533. The molecule has 0 atom stereocenters. The lowest BCUT2D eigenvalue weighted by Crippen LogP contribution is -2.51. The number of nitrogens with one attached hydrogen (secondary N) is 1. The van der Waals surface area contributed by atoms with Crippen LogP contribution in [0.4, 0.5) is 0 Å². The molecule has 0 unspecified atom stereocenters. The summed E-state index contributed by atoms with van der Waals surface area (Å²) < 4.78 is 5.53. The quantitative estimate of drug-likeness (QED) is 0.695. The van der Waals surface area contributed by atoms with E-state index >= 15 is 0 Å². The van der Waals surface area contributed by atoms with E-state index in [4.69, 9.17) is 14.9 Å². The van der Waals surface area contributed by atoms with E-state index in [0.717, 1.165) is 16.9 Å². The minimum absolute atomic E-state index is 0.169. The third-order valence-corrected chi connectivity index (χ3v) is 2.93. The molecule has 5 nitrogen and oxygen atoms in total. The van der Waals surface area contributed by atoms with Gasteiger partial charge in [-0.1, -0.05) is 6.07 Å². The number of ether oxygens (including phenoxy) is 1. The summed E-state index contributed by atoms with van der Waals surface area (Å²) in [4.78, 5) is 11.7. The number of amides is 1. The van der Waals surface area contributed by atoms with E-state index in [2.05, 4.69) is 5.32 Å². The van der Waals surface area contributed by atoms with Crippen LogP contribution in [0.1, 0.15) is 24.5 Å². The van der Waals surface area contributed by atoms with Gasteiger partial charge in [0.2, 0.25) is 5.91 Å². The van der Waals surface area contributed by atoms with Crippen LogP contribution in [0.3, 0.4) is 0 Å². The first-order chi connectivity index (χ1) is 9.38. The third kappa shape index (κ3) is 5.19. The second-order valence-corrected chi connectivity index (χ2v) is 5.35. The zero-order valence-corrected chi connectivity index (χ0v) is 12.3. The molecule has 0 fully saturated rings. The Balaban J connectivity index is 2.42. The average Bonchev–Trinajstić information content (AvgIpc) is 2.37. The zero-order chi connectivity index (χ0) is 15.2. The lowest BCUT2D eigenvalue weighted by Gasteiger charge is -2.26. The third-order valence-electron chi connectivity index (χ3n) is 2.93. The first-order valence-corrected chi connectivity index (χ1v) is 6.62. The van der Waals surface area contributed by atoms with E-state index in [1.807, 2.05) is 32.0 Å². The first-order valence-electron chi connectivity index (χ1n) is 6.62. The molecule has 1 amide bonds. The van der Waals surface area contributed by atoms with Gasteiger partial charge in [0.05, 0.1) is 31.8 Å². The Kier molecular flexibility index (Phi) is 5.98. The molecule has 0 radical (unpaired) electrons. The highest BCUT2D eigenvalue weighted by molar-refractivity contribution is 5.76. The molecule has 20 heavy (non-hydrogen) atoms. The van der Waals surface area contributed by atoms with Crippen LogP contribution in [0, 0.1) is 13.8 Å². The number of benzene rings is 1. The average molecular weight is 281 g/mol. The van der Waals surface area contributed by atoms with Crippen LogP contribution in [-0.2, 0) is 4.79 Å². The van der Waals surface area contributed by atoms with Gasteiger partial charge in [-0.05, 0) is 44.0 Å². The summed E-state index contributed by atoms with van der Waals surface area (Å²) in [6, 6.07) is 5.88. The van der Waals surface area contributed by atoms with Gasteiger partial charge in [0, 0.05) is 0 Å². The van der Waals surface area contributed by atoms with Crippen molar-refractivity contribution in [2.45, 2.75) is 32.7 Å². The smallest absolute Gasteiger partial charge is 0.224 e. The molecule has 0 bridgehead atoms. The van der Waals surface area contributed by atoms with Crippen molar-refractivity contribution in [3.05, 3.63) is 29.3 Å². The minimum Gasteiger partial charge on any atom is -0.493 e. The fourth-order valence-electron chi connectivity index (χ4n) is 1.81.